The fourth-order valence-electron chi connectivity index (χ4n) is 2.26. The van der Waals surface area contributed by atoms with Gasteiger partial charge in [-0.15, -0.1) is 0 Å². The normalized spacial score (nSPS) is 12.7. The molecule has 1 atom stereocenters. The highest BCUT2D eigenvalue weighted by Crippen LogP contribution is 2.25. The summed E-state index contributed by atoms with van der Waals surface area (Å²) >= 11 is 0. The van der Waals surface area contributed by atoms with Gasteiger partial charge in [-0.2, -0.15) is 0 Å². The third-order valence-corrected chi connectivity index (χ3v) is 3.35. The molecule has 0 aliphatic carbocycles. The first-order valence-corrected chi connectivity index (χ1v) is 6.52. The summed E-state index contributed by atoms with van der Waals surface area (Å²) in [6.07, 6.45) is 0.751. The molecule has 0 fully saturated rings. The van der Waals surface area contributed by atoms with Crippen LogP contribution in [-0.2, 0) is 6.54 Å². The molecule has 1 heterocycles. The van der Waals surface area contributed by atoms with Crippen molar-refractivity contribution in [2.24, 2.45) is 0 Å². The van der Waals surface area contributed by atoms with Crippen LogP contribution in [0.25, 0.3) is 11.1 Å². The highest BCUT2D eigenvalue weighted by Gasteiger charge is 2.12. The standard InChI is InChI=1S/C16H16N2O2/c1-17-9-11-2-4-12(5-3-11)16(19)13-6-7-14-15(8-13)20-10-18-14/h2-8,10,16-17,19H,9H2,1H3. The number of aliphatic hydroxyl groups excluding tert-OH is 1. The van der Waals surface area contributed by atoms with E-state index in [1.165, 1.54) is 12.0 Å². The quantitative estimate of drug-likeness (QED) is 0.763. The molecular weight excluding hydrogens is 252 g/mol. The fourth-order valence-corrected chi connectivity index (χ4v) is 2.26. The van der Waals surface area contributed by atoms with Gasteiger partial charge in [-0.1, -0.05) is 30.3 Å². The van der Waals surface area contributed by atoms with Crippen LogP contribution >= 0.6 is 0 Å². The molecule has 0 aliphatic heterocycles. The molecule has 2 aromatic carbocycles. The Morgan fingerprint density at radius 2 is 1.90 bits per heavy atom. The van der Waals surface area contributed by atoms with Crippen molar-refractivity contribution in [1.82, 2.24) is 10.3 Å². The molecule has 0 saturated carbocycles. The molecule has 102 valence electrons. The topological polar surface area (TPSA) is 58.3 Å². The number of rotatable bonds is 4. The van der Waals surface area contributed by atoms with Gasteiger partial charge in [-0.25, -0.2) is 4.98 Å². The highest BCUT2D eigenvalue weighted by molar-refractivity contribution is 5.73. The van der Waals surface area contributed by atoms with Gasteiger partial charge in [0.05, 0.1) is 0 Å². The van der Waals surface area contributed by atoms with Gasteiger partial charge < -0.3 is 14.8 Å². The number of benzene rings is 2. The maximum Gasteiger partial charge on any atom is 0.181 e. The predicted octanol–water partition coefficient (Wildman–Crippen LogP) is 2.63. The van der Waals surface area contributed by atoms with E-state index in [9.17, 15) is 5.11 Å². The number of aliphatic hydroxyl groups is 1. The van der Waals surface area contributed by atoms with E-state index in [4.69, 9.17) is 4.42 Å². The maximum absolute atomic E-state index is 10.4. The van der Waals surface area contributed by atoms with Crippen molar-refractivity contribution in [1.29, 1.82) is 0 Å². The van der Waals surface area contributed by atoms with Crippen LogP contribution in [0.3, 0.4) is 0 Å². The van der Waals surface area contributed by atoms with Gasteiger partial charge in [-0.05, 0) is 35.9 Å². The highest BCUT2D eigenvalue weighted by atomic mass is 16.3. The minimum Gasteiger partial charge on any atom is -0.443 e. The number of hydrogen-bond acceptors (Lipinski definition) is 4. The number of hydrogen-bond donors (Lipinski definition) is 2. The molecule has 3 rings (SSSR count). The van der Waals surface area contributed by atoms with Gasteiger partial charge in [0, 0.05) is 6.54 Å². The Labute approximate surface area is 117 Å². The lowest BCUT2D eigenvalue weighted by molar-refractivity contribution is 0.220. The van der Waals surface area contributed by atoms with Crippen LogP contribution in [0, 0.1) is 0 Å². The van der Waals surface area contributed by atoms with Crippen molar-refractivity contribution in [3.8, 4) is 0 Å². The first-order valence-electron chi connectivity index (χ1n) is 6.52. The molecule has 4 nitrogen and oxygen atoms in total. The third kappa shape index (κ3) is 2.43. The van der Waals surface area contributed by atoms with E-state index in [1.54, 1.807) is 0 Å². The Morgan fingerprint density at radius 3 is 2.65 bits per heavy atom. The summed E-state index contributed by atoms with van der Waals surface area (Å²) in [5.74, 6) is 0. The van der Waals surface area contributed by atoms with Crippen LogP contribution in [-0.4, -0.2) is 17.1 Å². The van der Waals surface area contributed by atoms with Crippen LogP contribution in [0.5, 0.6) is 0 Å². The van der Waals surface area contributed by atoms with E-state index in [1.807, 2.05) is 49.5 Å². The summed E-state index contributed by atoms with van der Waals surface area (Å²) in [5.41, 5.74) is 4.34. The lowest BCUT2D eigenvalue weighted by atomic mass is 10.00. The van der Waals surface area contributed by atoms with Crippen LogP contribution in [0.2, 0.25) is 0 Å². The van der Waals surface area contributed by atoms with E-state index in [-0.39, 0.29) is 0 Å². The van der Waals surface area contributed by atoms with Crippen LogP contribution in [0.4, 0.5) is 0 Å². The zero-order chi connectivity index (χ0) is 13.9. The minimum atomic E-state index is -0.659. The zero-order valence-electron chi connectivity index (χ0n) is 11.2. The second kappa shape index (κ2) is 5.45. The Morgan fingerprint density at radius 1 is 1.15 bits per heavy atom. The van der Waals surface area contributed by atoms with Crippen molar-refractivity contribution in [3.63, 3.8) is 0 Å². The molecular formula is C16H16N2O2. The molecule has 0 radical (unpaired) electrons. The van der Waals surface area contributed by atoms with Crippen molar-refractivity contribution in [2.45, 2.75) is 12.6 Å². The van der Waals surface area contributed by atoms with Crippen LogP contribution in [0.15, 0.2) is 53.3 Å². The molecule has 2 N–H and O–H groups in total. The van der Waals surface area contributed by atoms with Crippen molar-refractivity contribution < 1.29 is 9.52 Å². The van der Waals surface area contributed by atoms with E-state index in [0.717, 1.165) is 23.2 Å². The van der Waals surface area contributed by atoms with Crippen molar-refractivity contribution in [3.05, 3.63) is 65.5 Å². The average Bonchev–Trinajstić information content (AvgIpc) is 2.95. The SMILES string of the molecule is CNCc1ccc(C(O)c2ccc3ncoc3c2)cc1. The van der Waals surface area contributed by atoms with Crippen LogP contribution in [0.1, 0.15) is 22.8 Å². The number of aromatic nitrogens is 1. The Hall–Kier alpha value is -2.17. The monoisotopic (exact) mass is 268 g/mol. The third-order valence-electron chi connectivity index (χ3n) is 3.35. The van der Waals surface area contributed by atoms with Gasteiger partial charge in [0.2, 0.25) is 0 Å². The van der Waals surface area contributed by atoms with E-state index >= 15 is 0 Å². The molecule has 20 heavy (non-hydrogen) atoms. The Bertz CT molecular complexity index is 704. The molecule has 0 spiro atoms. The smallest absolute Gasteiger partial charge is 0.181 e. The van der Waals surface area contributed by atoms with E-state index in [2.05, 4.69) is 10.3 Å². The average molecular weight is 268 g/mol. The first-order chi connectivity index (χ1) is 9.78. The molecule has 4 heteroatoms. The van der Waals surface area contributed by atoms with Crippen molar-refractivity contribution >= 4 is 11.1 Å². The van der Waals surface area contributed by atoms with E-state index < -0.39 is 6.10 Å². The molecule has 1 aromatic heterocycles. The molecule has 3 aromatic rings. The Kier molecular flexibility index (Phi) is 3.50. The first kappa shape index (κ1) is 12.8. The minimum absolute atomic E-state index is 0.659. The van der Waals surface area contributed by atoms with E-state index in [0.29, 0.717) is 5.58 Å². The van der Waals surface area contributed by atoms with Crippen LogP contribution < -0.4 is 5.32 Å². The number of fused-ring (bicyclic) bond motifs is 1. The van der Waals surface area contributed by atoms with Gasteiger partial charge >= 0.3 is 0 Å². The lowest BCUT2D eigenvalue weighted by Crippen LogP contribution is -2.05. The second-order valence-electron chi connectivity index (χ2n) is 4.75. The zero-order valence-corrected chi connectivity index (χ0v) is 11.2. The Balaban J connectivity index is 1.88. The second-order valence-corrected chi connectivity index (χ2v) is 4.75. The van der Waals surface area contributed by atoms with Crippen molar-refractivity contribution in [2.75, 3.05) is 7.05 Å². The largest absolute Gasteiger partial charge is 0.443 e. The summed E-state index contributed by atoms with van der Waals surface area (Å²) in [7, 11) is 1.91. The van der Waals surface area contributed by atoms with Gasteiger partial charge in [0.25, 0.3) is 0 Å². The van der Waals surface area contributed by atoms with Gasteiger partial charge in [0.15, 0.2) is 12.0 Å². The maximum atomic E-state index is 10.4. The molecule has 1 unspecified atom stereocenters. The van der Waals surface area contributed by atoms with Gasteiger partial charge in [0.1, 0.15) is 11.6 Å². The number of nitrogens with zero attached hydrogens (tertiary/aromatic N) is 1. The number of nitrogens with one attached hydrogen (secondary N) is 1. The summed E-state index contributed by atoms with van der Waals surface area (Å²) in [4.78, 5) is 4.07. The molecule has 0 amide bonds. The summed E-state index contributed by atoms with van der Waals surface area (Å²) in [6, 6.07) is 13.5. The molecule has 0 aliphatic rings. The summed E-state index contributed by atoms with van der Waals surface area (Å²) in [5, 5.41) is 13.5. The lowest BCUT2D eigenvalue weighted by Gasteiger charge is -2.12. The molecule has 0 saturated heterocycles. The summed E-state index contributed by atoms with van der Waals surface area (Å²) < 4.78 is 5.27. The van der Waals surface area contributed by atoms with Gasteiger partial charge in [-0.3, -0.25) is 0 Å². The summed E-state index contributed by atoms with van der Waals surface area (Å²) in [6.45, 7) is 0.820. The molecule has 0 bridgehead atoms. The fraction of sp³-hybridized carbons (Fsp3) is 0.188. The predicted molar refractivity (Wildman–Crippen MR) is 77.3 cm³/mol. The number of oxazole rings is 1.